The predicted molar refractivity (Wildman–Crippen MR) is 140 cm³/mol. The highest BCUT2D eigenvalue weighted by Gasteiger charge is 2.23. The molecule has 0 fully saturated rings. The van der Waals surface area contributed by atoms with E-state index in [2.05, 4.69) is 9.97 Å². The summed E-state index contributed by atoms with van der Waals surface area (Å²) in [5, 5.41) is 0. The molecule has 37 heavy (non-hydrogen) atoms. The molecular weight excluding hydrogens is 488 g/mol. The van der Waals surface area contributed by atoms with Crippen molar-refractivity contribution in [2.45, 2.75) is 24.2 Å². The molecule has 0 amide bonds. The number of benzene rings is 2. The van der Waals surface area contributed by atoms with Gasteiger partial charge in [0, 0.05) is 29.1 Å². The van der Waals surface area contributed by atoms with Crippen LogP contribution >= 0.6 is 0 Å². The molecule has 8 heteroatoms. The van der Waals surface area contributed by atoms with Crippen molar-refractivity contribution in [3.63, 3.8) is 0 Å². The number of hydrogen-bond donors (Lipinski definition) is 0. The van der Waals surface area contributed by atoms with Crippen molar-refractivity contribution >= 4 is 22.4 Å². The Morgan fingerprint density at radius 2 is 1.57 bits per heavy atom. The molecule has 0 spiro atoms. The van der Waals surface area contributed by atoms with Crippen LogP contribution in [0.15, 0.2) is 96.2 Å². The summed E-state index contributed by atoms with van der Waals surface area (Å²) in [5.41, 5.74) is 2.60. The molecule has 1 atom stereocenters. The van der Waals surface area contributed by atoms with E-state index in [1.807, 2.05) is 25.1 Å². The number of rotatable bonds is 12. The normalized spacial score (nSPS) is 11.6. The molecule has 4 rings (SSSR count). The van der Waals surface area contributed by atoms with Crippen LogP contribution in [0.5, 0.6) is 5.75 Å². The fourth-order valence-corrected chi connectivity index (χ4v) is 4.96. The molecule has 7 nitrogen and oxygen atoms in total. The molecule has 2 heterocycles. The highest BCUT2D eigenvalue weighted by molar-refractivity contribution is 7.84. The number of pyridine rings is 2. The zero-order chi connectivity index (χ0) is 26.0. The van der Waals surface area contributed by atoms with Crippen LogP contribution in [-0.2, 0) is 27.9 Å². The van der Waals surface area contributed by atoms with E-state index in [1.165, 1.54) is 6.07 Å². The van der Waals surface area contributed by atoms with Gasteiger partial charge in [0.15, 0.2) is 0 Å². The van der Waals surface area contributed by atoms with Crippen LogP contribution in [0.3, 0.4) is 0 Å². The van der Waals surface area contributed by atoms with E-state index >= 15 is 0 Å². The van der Waals surface area contributed by atoms with Crippen LogP contribution in [-0.4, -0.2) is 39.0 Å². The summed E-state index contributed by atoms with van der Waals surface area (Å²) in [5.74, 6) is -0.641. The van der Waals surface area contributed by atoms with Crippen molar-refractivity contribution in [1.29, 1.82) is 0 Å². The molecule has 0 aliphatic carbocycles. The Morgan fingerprint density at radius 1 is 0.811 bits per heavy atom. The van der Waals surface area contributed by atoms with Crippen LogP contribution in [0.25, 0.3) is 0 Å². The first-order valence-corrected chi connectivity index (χ1v) is 13.0. The molecule has 0 aliphatic heterocycles. The Labute approximate surface area is 218 Å². The van der Waals surface area contributed by atoms with Gasteiger partial charge >= 0.3 is 0 Å². The molecule has 0 N–H and O–H groups in total. The van der Waals surface area contributed by atoms with E-state index in [4.69, 9.17) is 9.47 Å². The average Bonchev–Trinajstić information content (AvgIpc) is 2.95. The number of nitrogens with zero attached hydrogens (tertiary/aromatic N) is 2. The Morgan fingerprint density at radius 3 is 2.35 bits per heavy atom. The molecule has 0 radical (unpaired) electrons. The summed E-state index contributed by atoms with van der Waals surface area (Å²) in [6, 6.07) is 22.2. The third-order valence-electron chi connectivity index (χ3n) is 5.61. The molecule has 188 valence electrons. The summed E-state index contributed by atoms with van der Waals surface area (Å²) >= 11 is 0. The van der Waals surface area contributed by atoms with E-state index in [-0.39, 0.29) is 11.3 Å². The second kappa shape index (κ2) is 12.8. The minimum atomic E-state index is -1.61. The van der Waals surface area contributed by atoms with Crippen LogP contribution < -0.4 is 4.74 Å². The van der Waals surface area contributed by atoms with Gasteiger partial charge in [0.05, 0.1) is 46.0 Å². The molecule has 0 aliphatic rings. The molecular formula is C29H26N2O5S. The molecule has 0 saturated heterocycles. The number of Topliss-reactive ketones (excluding diaryl/α,β-unsaturated/α-hetero) is 2. The lowest BCUT2D eigenvalue weighted by molar-refractivity contribution is 0.0815. The van der Waals surface area contributed by atoms with Crippen LogP contribution in [0.4, 0.5) is 0 Å². The summed E-state index contributed by atoms with van der Waals surface area (Å²) in [6.07, 6.45) is 3.32. The van der Waals surface area contributed by atoms with Gasteiger partial charge in [0.1, 0.15) is 12.4 Å². The highest BCUT2D eigenvalue weighted by atomic mass is 32.2. The minimum absolute atomic E-state index is 0.0725. The Bertz CT molecular complexity index is 1390. The second-order valence-corrected chi connectivity index (χ2v) is 9.53. The first-order valence-electron chi connectivity index (χ1n) is 11.7. The maximum atomic E-state index is 13.3. The molecule has 1 unspecified atom stereocenters. The van der Waals surface area contributed by atoms with E-state index < -0.39 is 22.4 Å². The summed E-state index contributed by atoms with van der Waals surface area (Å²) in [6.45, 7) is 2.96. The van der Waals surface area contributed by atoms with Gasteiger partial charge in [-0.15, -0.1) is 0 Å². The number of carbonyl (C=O) groups is 2. The van der Waals surface area contributed by atoms with E-state index in [0.717, 1.165) is 11.3 Å². The van der Waals surface area contributed by atoms with Gasteiger partial charge in [0.25, 0.3) is 0 Å². The van der Waals surface area contributed by atoms with Gasteiger partial charge in [-0.3, -0.25) is 23.8 Å². The lowest BCUT2D eigenvalue weighted by atomic mass is 10.0. The quantitative estimate of drug-likeness (QED) is 0.153. The van der Waals surface area contributed by atoms with Crippen molar-refractivity contribution in [1.82, 2.24) is 9.97 Å². The summed E-state index contributed by atoms with van der Waals surface area (Å²) in [4.78, 5) is 34.6. The van der Waals surface area contributed by atoms with Crippen molar-refractivity contribution in [3.8, 4) is 5.75 Å². The smallest absolute Gasteiger partial charge is 0.234 e. The Hall–Kier alpha value is -4.01. The number of aromatic nitrogens is 2. The fraction of sp³-hybridized carbons (Fsp3) is 0.172. The van der Waals surface area contributed by atoms with Crippen molar-refractivity contribution in [2.24, 2.45) is 0 Å². The molecule has 0 saturated carbocycles. The first-order chi connectivity index (χ1) is 18.0. The fourth-order valence-electron chi connectivity index (χ4n) is 3.63. The average molecular weight is 515 g/mol. The lowest BCUT2D eigenvalue weighted by Gasteiger charge is -2.13. The van der Waals surface area contributed by atoms with Gasteiger partial charge in [-0.25, -0.2) is 0 Å². The summed E-state index contributed by atoms with van der Waals surface area (Å²) < 4.78 is 24.8. The van der Waals surface area contributed by atoms with Crippen LogP contribution in [0.1, 0.15) is 37.7 Å². The topological polar surface area (TPSA) is 95.4 Å². The van der Waals surface area contributed by atoms with E-state index in [0.29, 0.717) is 41.7 Å². The van der Waals surface area contributed by atoms with Gasteiger partial charge in [-0.05, 0) is 37.3 Å². The van der Waals surface area contributed by atoms with Crippen molar-refractivity contribution < 1.29 is 23.3 Å². The third kappa shape index (κ3) is 6.81. The highest BCUT2D eigenvalue weighted by Crippen LogP contribution is 2.24. The first kappa shape index (κ1) is 26.1. The molecule has 2 aromatic carbocycles. The Kier molecular flexibility index (Phi) is 9.02. The molecule has 4 aromatic rings. The minimum Gasteiger partial charge on any atom is -0.491 e. The van der Waals surface area contributed by atoms with Gasteiger partial charge in [-0.1, -0.05) is 48.5 Å². The second-order valence-electron chi connectivity index (χ2n) is 8.11. The van der Waals surface area contributed by atoms with Gasteiger partial charge < -0.3 is 9.47 Å². The zero-order valence-electron chi connectivity index (χ0n) is 20.3. The van der Waals surface area contributed by atoms with E-state index in [9.17, 15) is 13.8 Å². The van der Waals surface area contributed by atoms with E-state index in [1.54, 1.807) is 67.0 Å². The monoisotopic (exact) mass is 514 g/mol. The maximum absolute atomic E-state index is 13.3. The predicted octanol–water partition coefficient (Wildman–Crippen LogP) is 4.75. The van der Waals surface area contributed by atoms with Gasteiger partial charge in [-0.2, -0.15) is 0 Å². The summed E-state index contributed by atoms with van der Waals surface area (Å²) in [7, 11) is -1.61. The largest absolute Gasteiger partial charge is 0.491 e. The Balaban J connectivity index is 1.40. The molecule has 0 bridgehead atoms. The number of hydrogen-bond acceptors (Lipinski definition) is 7. The van der Waals surface area contributed by atoms with Gasteiger partial charge in [0.2, 0.25) is 11.6 Å². The third-order valence-corrected chi connectivity index (χ3v) is 6.99. The van der Waals surface area contributed by atoms with Crippen molar-refractivity contribution in [2.75, 3.05) is 13.2 Å². The maximum Gasteiger partial charge on any atom is 0.234 e. The molecule has 2 aromatic heterocycles. The van der Waals surface area contributed by atoms with Crippen LogP contribution in [0, 0.1) is 6.92 Å². The zero-order valence-corrected chi connectivity index (χ0v) is 21.1. The number of carbonyl (C=O) groups excluding carboxylic acids is 2. The van der Waals surface area contributed by atoms with Crippen molar-refractivity contribution in [3.05, 3.63) is 119 Å². The lowest BCUT2D eigenvalue weighted by Crippen LogP contribution is -2.17. The standard InChI is InChI=1S/C29H26N2O5S/c1-21-25(31-16-14-26(21)36-18-17-35-19-23-11-7-8-15-30-23)20-37(34)27-13-6-5-12-24(27)29(33)28(32)22-9-3-2-4-10-22/h2-16H,17-20H2,1H3. The number of ketones is 2. The number of ether oxygens (including phenoxy) is 2. The van der Waals surface area contributed by atoms with Crippen LogP contribution in [0.2, 0.25) is 0 Å². The SMILES string of the molecule is Cc1c(OCCOCc2ccccn2)ccnc1CS(=O)c1ccccc1C(=O)C(=O)c1ccccc1.